The van der Waals surface area contributed by atoms with E-state index in [0.717, 1.165) is 0 Å². The Morgan fingerprint density at radius 2 is 1.77 bits per heavy atom. The average molecular weight is 434 g/mol. The molecule has 6 atom stereocenters. The quantitative estimate of drug-likeness (QED) is 0.279. The summed E-state index contributed by atoms with van der Waals surface area (Å²) in [5.41, 5.74) is 1.18. The number of aromatic hydroxyl groups is 2. The first-order valence-electron chi connectivity index (χ1n) is 9.62. The fraction of sp³-hybridized carbons (Fsp3) is 0.381. The number of phenols is 2. The molecule has 0 aromatic heterocycles. The molecule has 166 valence electrons. The highest BCUT2D eigenvalue weighted by Gasteiger charge is 2.45. The van der Waals surface area contributed by atoms with Crippen LogP contribution in [0.4, 0.5) is 0 Å². The number of hydrogen-bond acceptors (Lipinski definition) is 10. The third-order valence-electron chi connectivity index (χ3n) is 5.43. The van der Waals surface area contributed by atoms with E-state index in [2.05, 4.69) is 0 Å². The number of rotatable bonds is 4. The number of carbonyl (C=O) groups is 1. The van der Waals surface area contributed by atoms with Crippen molar-refractivity contribution in [2.75, 3.05) is 6.61 Å². The molecule has 0 bridgehead atoms. The number of esters is 1. The number of benzene rings is 2. The van der Waals surface area contributed by atoms with E-state index in [4.69, 9.17) is 14.2 Å². The molecular weight excluding hydrogens is 412 g/mol. The number of hydrogen-bond donors (Lipinski definition) is 6. The number of carbonyl (C=O) groups excluding carboxylic acids is 1. The third-order valence-corrected chi connectivity index (χ3v) is 5.43. The summed E-state index contributed by atoms with van der Waals surface area (Å²) in [4.78, 5) is 12.8. The molecule has 4 rings (SSSR count). The van der Waals surface area contributed by atoms with Gasteiger partial charge in [0.1, 0.15) is 41.8 Å². The molecule has 0 aliphatic carbocycles. The van der Waals surface area contributed by atoms with Gasteiger partial charge in [0.25, 0.3) is 0 Å². The van der Waals surface area contributed by atoms with Gasteiger partial charge < -0.3 is 44.8 Å². The summed E-state index contributed by atoms with van der Waals surface area (Å²) in [5, 5.41) is 58.5. The zero-order valence-corrected chi connectivity index (χ0v) is 16.2. The van der Waals surface area contributed by atoms with Gasteiger partial charge in [-0.2, -0.15) is 0 Å². The molecule has 2 aromatic rings. The van der Waals surface area contributed by atoms with Crippen molar-refractivity contribution < 1.29 is 49.6 Å². The van der Waals surface area contributed by atoms with Crippen molar-refractivity contribution in [2.24, 2.45) is 0 Å². The van der Waals surface area contributed by atoms with Crippen LogP contribution in [0.1, 0.15) is 27.6 Å². The SMILES string of the molecule is O=C1OC(c2ccc(O)c(O)c2)Cc2cccc(O[C@@H]3O[C@H](CO)[C@@H](O)[C@H](O)[C@H]3O)c21. The molecule has 10 nitrogen and oxygen atoms in total. The maximum atomic E-state index is 12.8. The van der Waals surface area contributed by atoms with Crippen LogP contribution in [-0.2, 0) is 15.9 Å². The second-order valence-corrected chi connectivity index (χ2v) is 7.45. The van der Waals surface area contributed by atoms with Gasteiger partial charge in [-0.05, 0) is 29.3 Å². The Kier molecular flexibility index (Phi) is 5.73. The summed E-state index contributed by atoms with van der Waals surface area (Å²) < 4.78 is 16.5. The van der Waals surface area contributed by atoms with Crippen molar-refractivity contribution in [2.45, 2.75) is 43.2 Å². The minimum Gasteiger partial charge on any atom is -0.504 e. The van der Waals surface area contributed by atoms with Gasteiger partial charge in [0, 0.05) is 6.42 Å². The molecule has 2 heterocycles. The average Bonchev–Trinajstić information content (AvgIpc) is 2.75. The van der Waals surface area contributed by atoms with E-state index in [9.17, 15) is 35.4 Å². The van der Waals surface area contributed by atoms with Crippen LogP contribution in [0.15, 0.2) is 36.4 Å². The number of phenolic OH excluding ortho intramolecular Hbond substituents is 2. The van der Waals surface area contributed by atoms with Crippen LogP contribution in [0.5, 0.6) is 17.2 Å². The first-order chi connectivity index (χ1) is 14.8. The first kappa shape index (κ1) is 21.3. The summed E-state index contributed by atoms with van der Waals surface area (Å²) in [6.07, 6.45) is -7.80. The Labute approximate surface area is 176 Å². The Hall–Kier alpha value is -2.89. The fourth-order valence-electron chi connectivity index (χ4n) is 3.72. The number of cyclic esters (lactones) is 1. The molecule has 10 heteroatoms. The third kappa shape index (κ3) is 3.91. The second-order valence-electron chi connectivity index (χ2n) is 7.45. The van der Waals surface area contributed by atoms with Crippen molar-refractivity contribution in [3.05, 3.63) is 53.1 Å². The minimum absolute atomic E-state index is 0.0406. The molecule has 2 aliphatic heterocycles. The molecule has 1 saturated heterocycles. The predicted octanol–water partition coefficient (Wildman–Crippen LogP) is -0.269. The summed E-state index contributed by atoms with van der Waals surface area (Å²) in [6.45, 7) is -0.610. The molecule has 1 unspecified atom stereocenters. The van der Waals surface area contributed by atoms with Crippen molar-refractivity contribution >= 4 is 5.97 Å². The predicted molar refractivity (Wildman–Crippen MR) is 102 cm³/mol. The van der Waals surface area contributed by atoms with E-state index in [1.54, 1.807) is 12.1 Å². The van der Waals surface area contributed by atoms with Crippen LogP contribution >= 0.6 is 0 Å². The summed E-state index contributed by atoms with van der Waals surface area (Å²) in [6, 6.07) is 8.94. The van der Waals surface area contributed by atoms with Gasteiger partial charge in [-0.3, -0.25) is 0 Å². The van der Waals surface area contributed by atoms with Gasteiger partial charge in [-0.1, -0.05) is 18.2 Å². The van der Waals surface area contributed by atoms with Gasteiger partial charge in [0.05, 0.1) is 6.61 Å². The van der Waals surface area contributed by atoms with E-state index < -0.39 is 49.4 Å². The standard InChI is InChI=1S/C21H22O10/c22-8-15-17(25)18(26)19(27)21(31-15)30-13-3-1-2-10-7-14(29-20(28)16(10)13)9-4-5-11(23)12(24)6-9/h1-6,14-15,17-19,21-27H,7-8H2/t14?,15-,17-,18+,19-,21-/m1/s1. The number of aliphatic hydroxyl groups is 4. The lowest BCUT2D eigenvalue weighted by Crippen LogP contribution is -2.60. The monoisotopic (exact) mass is 434 g/mol. The van der Waals surface area contributed by atoms with E-state index in [1.165, 1.54) is 24.3 Å². The maximum Gasteiger partial charge on any atom is 0.342 e. The molecule has 0 saturated carbocycles. The van der Waals surface area contributed by atoms with Gasteiger partial charge >= 0.3 is 5.97 Å². The van der Waals surface area contributed by atoms with Gasteiger partial charge in [0.2, 0.25) is 6.29 Å². The van der Waals surface area contributed by atoms with Gasteiger partial charge in [-0.15, -0.1) is 0 Å². The number of ether oxygens (including phenoxy) is 3. The molecule has 2 aromatic carbocycles. The van der Waals surface area contributed by atoms with E-state index in [0.29, 0.717) is 11.1 Å². The highest BCUT2D eigenvalue weighted by molar-refractivity contribution is 5.95. The summed E-state index contributed by atoms with van der Waals surface area (Å²) in [5.74, 6) is -1.29. The smallest absolute Gasteiger partial charge is 0.342 e. The van der Waals surface area contributed by atoms with Crippen molar-refractivity contribution in [3.8, 4) is 17.2 Å². The van der Waals surface area contributed by atoms with Crippen LogP contribution < -0.4 is 4.74 Å². The Bertz CT molecular complexity index is 975. The zero-order chi connectivity index (χ0) is 22.3. The van der Waals surface area contributed by atoms with E-state index >= 15 is 0 Å². The van der Waals surface area contributed by atoms with Crippen molar-refractivity contribution in [3.63, 3.8) is 0 Å². The molecule has 1 fully saturated rings. The van der Waals surface area contributed by atoms with Crippen molar-refractivity contribution in [1.29, 1.82) is 0 Å². The molecule has 0 amide bonds. The molecule has 2 aliphatic rings. The normalized spacial score (nSPS) is 30.4. The lowest BCUT2D eigenvalue weighted by Gasteiger charge is -2.40. The largest absolute Gasteiger partial charge is 0.504 e. The Morgan fingerprint density at radius 3 is 2.48 bits per heavy atom. The molecule has 0 radical (unpaired) electrons. The highest BCUT2D eigenvalue weighted by atomic mass is 16.7. The molecular formula is C21H22O10. The van der Waals surface area contributed by atoms with E-state index in [-0.39, 0.29) is 29.2 Å². The van der Waals surface area contributed by atoms with Crippen LogP contribution in [-0.4, -0.2) is 73.9 Å². The van der Waals surface area contributed by atoms with Crippen molar-refractivity contribution in [1.82, 2.24) is 0 Å². The fourth-order valence-corrected chi connectivity index (χ4v) is 3.72. The summed E-state index contributed by atoms with van der Waals surface area (Å²) >= 11 is 0. The van der Waals surface area contributed by atoms with Gasteiger partial charge in [0.15, 0.2) is 11.5 Å². The minimum atomic E-state index is -1.62. The molecule has 0 spiro atoms. The lowest BCUT2D eigenvalue weighted by atomic mass is 9.94. The number of fused-ring (bicyclic) bond motifs is 1. The molecule has 6 N–H and O–H groups in total. The van der Waals surface area contributed by atoms with Crippen LogP contribution in [0.3, 0.4) is 0 Å². The highest BCUT2D eigenvalue weighted by Crippen LogP contribution is 2.38. The van der Waals surface area contributed by atoms with E-state index in [1.807, 2.05) is 0 Å². The Balaban J connectivity index is 1.59. The summed E-state index contributed by atoms with van der Waals surface area (Å²) in [7, 11) is 0. The maximum absolute atomic E-state index is 12.8. The lowest BCUT2D eigenvalue weighted by molar-refractivity contribution is -0.277. The Morgan fingerprint density at radius 1 is 1.00 bits per heavy atom. The number of aliphatic hydroxyl groups excluding tert-OH is 4. The molecule has 31 heavy (non-hydrogen) atoms. The van der Waals surface area contributed by atoms with Gasteiger partial charge in [-0.25, -0.2) is 4.79 Å². The second kappa shape index (κ2) is 8.33. The van der Waals surface area contributed by atoms with Crippen LogP contribution in [0.25, 0.3) is 0 Å². The van der Waals surface area contributed by atoms with Crippen LogP contribution in [0, 0.1) is 0 Å². The topological polar surface area (TPSA) is 166 Å². The van der Waals surface area contributed by atoms with Crippen LogP contribution in [0.2, 0.25) is 0 Å². The first-order valence-corrected chi connectivity index (χ1v) is 9.62. The zero-order valence-electron chi connectivity index (χ0n) is 16.2.